The number of nitrogens with two attached hydrogens (primary N) is 1. The summed E-state index contributed by atoms with van der Waals surface area (Å²) in [5.41, 5.74) is 9.13. The zero-order valence-electron chi connectivity index (χ0n) is 14.4. The second kappa shape index (κ2) is 6.93. The lowest BCUT2D eigenvalue weighted by Crippen LogP contribution is -2.36. The summed E-state index contributed by atoms with van der Waals surface area (Å²) >= 11 is 0. The third-order valence-electron chi connectivity index (χ3n) is 4.73. The van der Waals surface area contributed by atoms with Gasteiger partial charge in [0.05, 0.1) is 6.04 Å². The van der Waals surface area contributed by atoms with Crippen LogP contribution in [-0.2, 0) is 11.2 Å². The van der Waals surface area contributed by atoms with Crippen molar-refractivity contribution in [2.45, 2.75) is 58.0 Å². The maximum absolute atomic E-state index is 13.5. The van der Waals surface area contributed by atoms with E-state index in [1.807, 2.05) is 0 Å². The summed E-state index contributed by atoms with van der Waals surface area (Å²) in [6, 6.07) is 4.66. The van der Waals surface area contributed by atoms with Gasteiger partial charge in [0.2, 0.25) is 5.91 Å². The van der Waals surface area contributed by atoms with Crippen LogP contribution in [0, 0.1) is 11.7 Å². The van der Waals surface area contributed by atoms with Gasteiger partial charge in [-0.15, -0.1) is 0 Å². The fourth-order valence-electron chi connectivity index (χ4n) is 3.76. The first-order chi connectivity index (χ1) is 11.4. The smallest absolute Gasteiger partial charge is 0.222 e. The van der Waals surface area contributed by atoms with Crippen LogP contribution in [0.3, 0.4) is 0 Å². The number of amides is 1. The first kappa shape index (κ1) is 17.0. The number of hydrogen-bond donors (Lipinski definition) is 3. The van der Waals surface area contributed by atoms with E-state index in [1.54, 1.807) is 12.1 Å². The lowest BCUT2D eigenvalue weighted by molar-refractivity contribution is -0.122. The van der Waals surface area contributed by atoms with E-state index in [0.29, 0.717) is 12.3 Å². The molecular weight excluding hydrogens is 305 g/mol. The molecular formula is C19H26FN3O. The summed E-state index contributed by atoms with van der Waals surface area (Å²) in [5.74, 6) is 0.249. The summed E-state index contributed by atoms with van der Waals surface area (Å²) in [4.78, 5) is 15.7. The van der Waals surface area contributed by atoms with Gasteiger partial charge in [-0.3, -0.25) is 4.79 Å². The molecule has 1 aliphatic carbocycles. The number of hydrogen-bond acceptors (Lipinski definition) is 2. The van der Waals surface area contributed by atoms with Gasteiger partial charge in [0.15, 0.2) is 0 Å². The molecule has 0 saturated carbocycles. The Morgan fingerprint density at radius 1 is 1.46 bits per heavy atom. The first-order valence-electron chi connectivity index (χ1n) is 8.79. The van der Waals surface area contributed by atoms with Gasteiger partial charge in [-0.05, 0) is 55.4 Å². The van der Waals surface area contributed by atoms with Crippen LogP contribution in [0.5, 0.6) is 0 Å². The zero-order chi connectivity index (χ0) is 17.3. The Bertz CT molecular complexity index is 738. The van der Waals surface area contributed by atoms with E-state index in [9.17, 15) is 9.18 Å². The average molecular weight is 331 g/mol. The fraction of sp³-hybridized carbons (Fsp3) is 0.526. The number of nitrogens with one attached hydrogen (secondary N) is 2. The van der Waals surface area contributed by atoms with Gasteiger partial charge in [0.25, 0.3) is 0 Å². The highest BCUT2D eigenvalue weighted by molar-refractivity contribution is 5.85. The number of benzene rings is 1. The maximum atomic E-state index is 13.5. The third kappa shape index (κ3) is 3.61. The molecule has 3 rings (SSSR count). The normalized spacial score (nSPS) is 18.6. The molecule has 1 aliphatic rings. The Morgan fingerprint density at radius 3 is 3.00 bits per heavy atom. The number of aromatic nitrogens is 1. The minimum absolute atomic E-state index is 0.00848. The van der Waals surface area contributed by atoms with Crippen molar-refractivity contribution in [2.75, 3.05) is 0 Å². The predicted octanol–water partition coefficient (Wildman–Crippen LogP) is 3.56. The molecule has 0 spiro atoms. The van der Waals surface area contributed by atoms with Crippen LogP contribution in [0.25, 0.3) is 10.9 Å². The van der Waals surface area contributed by atoms with Crippen molar-refractivity contribution in [3.05, 3.63) is 35.3 Å². The molecule has 0 radical (unpaired) electrons. The Balaban J connectivity index is 1.75. The van der Waals surface area contributed by atoms with Crippen LogP contribution in [0.2, 0.25) is 0 Å². The number of H-pyrrole nitrogens is 1. The zero-order valence-corrected chi connectivity index (χ0v) is 14.4. The summed E-state index contributed by atoms with van der Waals surface area (Å²) in [5, 5.41) is 4.04. The van der Waals surface area contributed by atoms with Crippen molar-refractivity contribution in [1.82, 2.24) is 10.3 Å². The lowest BCUT2D eigenvalue weighted by Gasteiger charge is -2.24. The summed E-state index contributed by atoms with van der Waals surface area (Å²) < 4.78 is 13.5. The monoisotopic (exact) mass is 331 g/mol. The van der Waals surface area contributed by atoms with Crippen molar-refractivity contribution in [3.8, 4) is 0 Å². The van der Waals surface area contributed by atoms with Gasteiger partial charge in [0, 0.05) is 29.1 Å². The van der Waals surface area contributed by atoms with E-state index in [2.05, 4.69) is 24.1 Å². The van der Waals surface area contributed by atoms with Crippen molar-refractivity contribution in [1.29, 1.82) is 0 Å². The number of fused-ring (bicyclic) bond motifs is 3. The molecule has 1 aromatic carbocycles. The Labute approximate surface area is 142 Å². The van der Waals surface area contributed by atoms with Gasteiger partial charge in [-0.2, -0.15) is 0 Å². The highest BCUT2D eigenvalue weighted by atomic mass is 19.1. The second-order valence-electron chi connectivity index (χ2n) is 7.31. The van der Waals surface area contributed by atoms with Crippen LogP contribution >= 0.6 is 0 Å². The molecule has 0 saturated heterocycles. The number of rotatable bonds is 5. The molecule has 0 aliphatic heterocycles. The average Bonchev–Trinajstić information content (AvgIpc) is 2.85. The number of halogens is 1. The quantitative estimate of drug-likeness (QED) is 0.784. The molecule has 130 valence electrons. The molecule has 0 bridgehead atoms. The molecule has 2 aromatic rings. The summed E-state index contributed by atoms with van der Waals surface area (Å²) in [7, 11) is 0. The molecule has 1 amide bonds. The highest BCUT2D eigenvalue weighted by Crippen LogP contribution is 2.35. The lowest BCUT2D eigenvalue weighted by atomic mass is 9.91. The SMILES string of the molecule is CC(C)C[C@H](N)CC(=O)NC1CCCc2c1[nH]c1ccc(F)cc21. The van der Waals surface area contributed by atoms with Gasteiger partial charge in [-0.1, -0.05) is 13.8 Å². The maximum Gasteiger partial charge on any atom is 0.222 e. The molecule has 4 nitrogen and oxygen atoms in total. The first-order valence-corrected chi connectivity index (χ1v) is 8.79. The van der Waals surface area contributed by atoms with E-state index < -0.39 is 0 Å². The molecule has 2 atom stereocenters. The minimum Gasteiger partial charge on any atom is -0.356 e. The Morgan fingerprint density at radius 2 is 2.25 bits per heavy atom. The molecule has 1 heterocycles. The Hall–Kier alpha value is -1.88. The van der Waals surface area contributed by atoms with E-state index in [1.165, 1.54) is 6.07 Å². The van der Waals surface area contributed by atoms with Gasteiger partial charge >= 0.3 is 0 Å². The van der Waals surface area contributed by atoms with Crippen molar-refractivity contribution >= 4 is 16.8 Å². The Kier molecular flexibility index (Phi) is 4.90. The topological polar surface area (TPSA) is 70.9 Å². The van der Waals surface area contributed by atoms with E-state index >= 15 is 0 Å². The van der Waals surface area contributed by atoms with Crippen LogP contribution in [-0.4, -0.2) is 16.9 Å². The van der Waals surface area contributed by atoms with Crippen molar-refractivity contribution < 1.29 is 9.18 Å². The third-order valence-corrected chi connectivity index (χ3v) is 4.73. The number of carbonyl (C=O) groups excluding carboxylic acids is 1. The van der Waals surface area contributed by atoms with Gasteiger partial charge < -0.3 is 16.0 Å². The number of aromatic amines is 1. The predicted molar refractivity (Wildman–Crippen MR) is 94.1 cm³/mol. The van der Waals surface area contributed by atoms with Crippen LogP contribution < -0.4 is 11.1 Å². The van der Waals surface area contributed by atoms with Crippen molar-refractivity contribution in [2.24, 2.45) is 11.7 Å². The molecule has 24 heavy (non-hydrogen) atoms. The van der Waals surface area contributed by atoms with Gasteiger partial charge in [-0.25, -0.2) is 4.39 Å². The van der Waals surface area contributed by atoms with E-state index in [4.69, 9.17) is 5.73 Å². The molecule has 0 fully saturated rings. The van der Waals surface area contributed by atoms with Gasteiger partial charge in [0.1, 0.15) is 5.82 Å². The molecule has 1 unspecified atom stereocenters. The van der Waals surface area contributed by atoms with Crippen LogP contribution in [0.4, 0.5) is 4.39 Å². The summed E-state index contributed by atoms with van der Waals surface area (Å²) in [6.07, 6.45) is 3.98. The standard InChI is InChI=1S/C19H26FN3O/c1-11(2)8-13(21)10-18(24)22-17-5-3-4-14-15-9-12(20)6-7-16(15)23-19(14)17/h6-7,9,11,13,17,23H,3-5,8,10,21H2,1-2H3,(H,22,24)/t13-,17?/m0/s1. The largest absolute Gasteiger partial charge is 0.356 e. The van der Waals surface area contributed by atoms with E-state index in [0.717, 1.165) is 47.8 Å². The highest BCUT2D eigenvalue weighted by Gasteiger charge is 2.26. The summed E-state index contributed by atoms with van der Waals surface area (Å²) in [6.45, 7) is 4.21. The molecule has 1 aromatic heterocycles. The van der Waals surface area contributed by atoms with Crippen molar-refractivity contribution in [3.63, 3.8) is 0 Å². The second-order valence-corrected chi connectivity index (χ2v) is 7.31. The number of carbonyl (C=O) groups is 1. The molecule has 4 N–H and O–H groups in total. The molecule has 5 heteroatoms. The van der Waals surface area contributed by atoms with E-state index in [-0.39, 0.29) is 23.8 Å². The number of aryl methyl sites for hydroxylation is 1. The minimum atomic E-state index is -0.227. The van der Waals surface area contributed by atoms with Crippen LogP contribution in [0.15, 0.2) is 18.2 Å². The van der Waals surface area contributed by atoms with Crippen LogP contribution in [0.1, 0.15) is 56.8 Å². The fourth-order valence-corrected chi connectivity index (χ4v) is 3.76.